The van der Waals surface area contributed by atoms with Crippen LogP contribution in [0.4, 0.5) is 0 Å². The quantitative estimate of drug-likeness (QED) is 0.186. The Bertz CT molecular complexity index is 222. The van der Waals surface area contributed by atoms with E-state index >= 15 is 0 Å². The molecule has 1 nitrogen and oxygen atoms in total. The number of aliphatic hydroxyl groups is 1. The van der Waals surface area contributed by atoms with Crippen LogP contribution in [0.3, 0.4) is 0 Å². The van der Waals surface area contributed by atoms with E-state index in [-0.39, 0.29) is 0 Å². The van der Waals surface area contributed by atoms with Gasteiger partial charge in [0.2, 0.25) is 0 Å². The molecule has 0 aliphatic heterocycles. The first-order valence-corrected chi connectivity index (χ1v) is 10.7. The molecule has 0 aliphatic rings. The fraction of sp³-hybridized carbons (Fsp3) is 0.909. The van der Waals surface area contributed by atoms with E-state index in [1.807, 2.05) is 6.08 Å². The van der Waals surface area contributed by atoms with Crippen molar-refractivity contribution in [2.45, 2.75) is 129 Å². The molecule has 0 rings (SSSR count). The molecule has 1 N–H and O–H groups in total. The van der Waals surface area contributed by atoms with E-state index in [1.165, 1.54) is 122 Å². The Morgan fingerprint density at radius 1 is 0.478 bits per heavy atom. The summed E-state index contributed by atoms with van der Waals surface area (Å²) in [6, 6.07) is 0. The summed E-state index contributed by atoms with van der Waals surface area (Å²) in [7, 11) is 0. The van der Waals surface area contributed by atoms with Gasteiger partial charge < -0.3 is 5.11 Å². The molecule has 0 aromatic heterocycles. The van der Waals surface area contributed by atoms with Crippen LogP contribution in [0, 0.1) is 0 Å². The SMILES string of the molecule is CCCCCCCCCCCCCCCCCCCC/C=C/O. The van der Waals surface area contributed by atoms with Crippen LogP contribution >= 0.6 is 0 Å². The maximum Gasteiger partial charge on any atom is 0.0751 e. The summed E-state index contributed by atoms with van der Waals surface area (Å²) in [6.45, 7) is 2.29. The third-order valence-electron chi connectivity index (χ3n) is 4.83. The normalized spacial score (nSPS) is 11.5. The van der Waals surface area contributed by atoms with Gasteiger partial charge in [-0.25, -0.2) is 0 Å². The number of aliphatic hydroxyl groups excluding tert-OH is 1. The highest BCUT2D eigenvalue weighted by molar-refractivity contribution is 4.70. The lowest BCUT2D eigenvalue weighted by Crippen LogP contribution is -1.84. The topological polar surface area (TPSA) is 20.2 Å². The minimum absolute atomic E-state index is 1.04. The van der Waals surface area contributed by atoms with Crippen molar-refractivity contribution in [1.82, 2.24) is 0 Å². The lowest BCUT2D eigenvalue weighted by Gasteiger charge is -2.03. The summed E-state index contributed by atoms with van der Waals surface area (Å²) < 4.78 is 0. The molecule has 0 aromatic carbocycles. The van der Waals surface area contributed by atoms with Gasteiger partial charge in [0.1, 0.15) is 0 Å². The molecule has 0 saturated heterocycles. The average molecular weight is 325 g/mol. The summed E-state index contributed by atoms with van der Waals surface area (Å²) in [6.07, 6.45) is 29.7. The number of hydrogen-bond donors (Lipinski definition) is 1. The zero-order valence-electron chi connectivity index (χ0n) is 16.0. The van der Waals surface area contributed by atoms with Crippen LogP contribution in [0.2, 0.25) is 0 Å². The third-order valence-corrected chi connectivity index (χ3v) is 4.83. The van der Waals surface area contributed by atoms with E-state index in [2.05, 4.69) is 6.92 Å². The second-order valence-electron chi connectivity index (χ2n) is 7.18. The first-order chi connectivity index (χ1) is 11.4. The highest BCUT2D eigenvalue weighted by Gasteiger charge is 1.94. The molecule has 0 spiro atoms. The standard InChI is InChI=1S/C22H44O/c1-2-3-4-5-6-7-8-9-10-11-12-13-14-15-16-17-18-19-20-21-22-23/h21-23H,2-20H2,1H3/b22-21+. The largest absolute Gasteiger partial charge is 0.516 e. The summed E-state index contributed by atoms with van der Waals surface area (Å²) in [5.41, 5.74) is 0. The van der Waals surface area contributed by atoms with Gasteiger partial charge in [-0.2, -0.15) is 0 Å². The highest BCUT2D eigenvalue weighted by Crippen LogP contribution is 2.14. The van der Waals surface area contributed by atoms with Crippen LogP contribution in [-0.2, 0) is 0 Å². The summed E-state index contributed by atoms with van der Waals surface area (Å²) in [5, 5.41) is 8.53. The molecular weight excluding hydrogens is 280 g/mol. The van der Waals surface area contributed by atoms with Gasteiger partial charge in [-0.1, -0.05) is 122 Å². The Morgan fingerprint density at radius 2 is 0.783 bits per heavy atom. The van der Waals surface area contributed by atoms with E-state index < -0.39 is 0 Å². The van der Waals surface area contributed by atoms with Gasteiger partial charge in [0.25, 0.3) is 0 Å². The Hall–Kier alpha value is -0.460. The van der Waals surface area contributed by atoms with Crippen LogP contribution < -0.4 is 0 Å². The molecule has 0 aliphatic carbocycles. The van der Waals surface area contributed by atoms with Gasteiger partial charge >= 0.3 is 0 Å². The fourth-order valence-corrected chi connectivity index (χ4v) is 3.24. The zero-order chi connectivity index (χ0) is 16.8. The molecule has 0 fully saturated rings. The molecule has 23 heavy (non-hydrogen) atoms. The van der Waals surface area contributed by atoms with Gasteiger partial charge in [-0.05, 0) is 12.8 Å². The monoisotopic (exact) mass is 324 g/mol. The van der Waals surface area contributed by atoms with E-state index in [0.29, 0.717) is 0 Å². The van der Waals surface area contributed by atoms with Gasteiger partial charge in [0.05, 0.1) is 6.26 Å². The van der Waals surface area contributed by atoms with Gasteiger partial charge in [-0.15, -0.1) is 0 Å². The van der Waals surface area contributed by atoms with Crippen LogP contribution in [0.15, 0.2) is 12.3 Å². The molecular formula is C22H44O. The van der Waals surface area contributed by atoms with Crippen LogP contribution in [0.5, 0.6) is 0 Å². The molecule has 0 amide bonds. The summed E-state index contributed by atoms with van der Waals surface area (Å²) in [4.78, 5) is 0. The molecule has 1 heteroatoms. The Labute approximate surface area is 147 Å². The van der Waals surface area contributed by atoms with Crippen LogP contribution in [0.1, 0.15) is 129 Å². The lowest BCUT2D eigenvalue weighted by atomic mass is 10.0. The molecule has 0 aromatic rings. The van der Waals surface area contributed by atoms with Crippen molar-refractivity contribution in [2.75, 3.05) is 0 Å². The van der Waals surface area contributed by atoms with E-state index in [0.717, 1.165) is 6.42 Å². The molecule has 0 radical (unpaired) electrons. The Kier molecular flexibility index (Phi) is 21.1. The van der Waals surface area contributed by atoms with Gasteiger partial charge in [-0.3, -0.25) is 0 Å². The smallest absolute Gasteiger partial charge is 0.0751 e. The van der Waals surface area contributed by atoms with E-state index in [4.69, 9.17) is 5.11 Å². The number of rotatable bonds is 19. The first-order valence-electron chi connectivity index (χ1n) is 10.7. The summed E-state index contributed by atoms with van der Waals surface area (Å²) in [5.74, 6) is 0. The maximum atomic E-state index is 8.53. The number of hydrogen-bond acceptors (Lipinski definition) is 1. The second kappa shape index (κ2) is 21.5. The molecule has 0 bridgehead atoms. The van der Waals surface area contributed by atoms with Crippen molar-refractivity contribution in [2.24, 2.45) is 0 Å². The number of allylic oxidation sites excluding steroid dienone is 1. The predicted octanol–water partition coefficient (Wildman–Crippen LogP) is 8.49. The molecule has 0 atom stereocenters. The van der Waals surface area contributed by atoms with Gasteiger partial charge in [0.15, 0.2) is 0 Å². The third kappa shape index (κ3) is 21.5. The fourth-order valence-electron chi connectivity index (χ4n) is 3.24. The van der Waals surface area contributed by atoms with Crippen molar-refractivity contribution in [1.29, 1.82) is 0 Å². The Morgan fingerprint density at radius 3 is 1.09 bits per heavy atom. The maximum absolute atomic E-state index is 8.53. The lowest BCUT2D eigenvalue weighted by molar-refractivity contribution is 0.469. The first kappa shape index (κ1) is 22.5. The predicted molar refractivity (Wildman–Crippen MR) is 105 cm³/mol. The van der Waals surface area contributed by atoms with Gasteiger partial charge in [0, 0.05) is 0 Å². The second-order valence-corrected chi connectivity index (χ2v) is 7.18. The molecule has 0 heterocycles. The van der Waals surface area contributed by atoms with Crippen molar-refractivity contribution < 1.29 is 5.11 Å². The zero-order valence-corrected chi connectivity index (χ0v) is 16.0. The highest BCUT2D eigenvalue weighted by atomic mass is 16.2. The van der Waals surface area contributed by atoms with Crippen LogP contribution in [0.25, 0.3) is 0 Å². The van der Waals surface area contributed by atoms with Crippen molar-refractivity contribution in [3.8, 4) is 0 Å². The molecule has 0 saturated carbocycles. The summed E-state index contributed by atoms with van der Waals surface area (Å²) >= 11 is 0. The van der Waals surface area contributed by atoms with Crippen molar-refractivity contribution in [3.63, 3.8) is 0 Å². The molecule has 0 unspecified atom stereocenters. The Balaban J connectivity index is 2.95. The average Bonchev–Trinajstić information content (AvgIpc) is 2.57. The van der Waals surface area contributed by atoms with E-state index in [1.54, 1.807) is 0 Å². The van der Waals surface area contributed by atoms with Crippen molar-refractivity contribution in [3.05, 3.63) is 12.3 Å². The molecule has 138 valence electrons. The minimum atomic E-state index is 1.04. The minimum Gasteiger partial charge on any atom is -0.516 e. The van der Waals surface area contributed by atoms with Crippen molar-refractivity contribution >= 4 is 0 Å². The number of unbranched alkanes of at least 4 members (excludes halogenated alkanes) is 18. The van der Waals surface area contributed by atoms with E-state index in [9.17, 15) is 0 Å². The van der Waals surface area contributed by atoms with Crippen LogP contribution in [-0.4, -0.2) is 5.11 Å².